The molecule has 0 saturated heterocycles. The molecule has 0 saturated carbocycles. The number of hydrogen-bond acceptors (Lipinski definition) is 3. The van der Waals surface area contributed by atoms with Crippen molar-refractivity contribution in [2.24, 2.45) is 0 Å². The molecule has 0 bridgehead atoms. The number of fused-ring (bicyclic) bond motifs is 1. The van der Waals surface area contributed by atoms with E-state index in [1.807, 2.05) is 24.3 Å². The lowest BCUT2D eigenvalue weighted by Gasteiger charge is -2.12. The van der Waals surface area contributed by atoms with Gasteiger partial charge >= 0.3 is 5.97 Å². The summed E-state index contributed by atoms with van der Waals surface area (Å²) in [6, 6.07) is 9.65. The van der Waals surface area contributed by atoms with E-state index in [4.69, 9.17) is 9.47 Å². The molecule has 0 fully saturated rings. The average molecular weight is 418 g/mol. The molecule has 0 radical (unpaired) electrons. The van der Waals surface area contributed by atoms with E-state index in [1.165, 1.54) is 0 Å². The second kappa shape index (κ2) is 7.41. The zero-order valence-corrected chi connectivity index (χ0v) is 16.4. The number of aromatic nitrogens is 1. The van der Waals surface area contributed by atoms with Gasteiger partial charge in [0.05, 0.1) is 26.3 Å². The fraction of sp³-hybridized carbons (Fsp3) is 0.250. The lowest BCUT2D eigenvalue weighted by atomic mass is 10.0. The van der Waals surface area contributed by atoms with Crippen LogP contribution in [-0.2, 0) is 17.6 Å². The minimum Gasteiger partial charge on any atom is -0.493 e. The van der Waals surface area contributed by atoms with Crippen LogP contribution in [0.15, 0.2) is 34.8 Å². The molecule has 0 spiro atoms. The number of aliphatic carboxylic acids is 1. The highest BCUT2D eigenvalue weighted by Gasteiger charge is 2.20. The molecule has 0 aliphatic carbocycles. The largest absolute Gasteiger partial charge is 0.493 e. The molecule has 2 aromatic carbocycles. The third-order valence-electron chi connectivity index (χ3n) is 4.48. The van der Waals surface area contributed by atoms with Crippen LogP contribution in [0.25, 0.3) is 22.2 Å². The number of methoxy groups -OCH3 is 2. The standard InChI is InChI=1S/C20H20BrNO4/c1-4-11-6-5-7-12-13(9-18(23)24)20(22-19(11)12)14-8-16(25-2)17(26-3)10-15(14)21/h5-8,10,22H,4,9H2,1-3H3,(H,23,24). The summed E-state index contributed by atoms with van der Waals surface area (Å²) in [6.07, 6.45) is 0.792. The number of carbonyl (C=O) groups is 1. The summed E-state index contributed by atoms with van der Waals surface area (Å²) < 4.78 is 11.6. The zero-order chi connectivity index (χ0) is 18.8. The highest BCUT2D eigenvalue weighted by molar-refractivity contribution is 9.10. The first-order valence-corrected chi connectivity index (χ1v) is 9.05. The Balaban J connectivity index is 2.32. The van der Waals surface area contributed by atoms with Crippen LogP contribution in [-0.4, -0.2) is 30.3 Å². The smallest absolute Gasteiger partial charge is 0.307 e. The fourth-order valence-electron chi connectivity index (χ4n) is 3.24. The van der Waals surface area contributed by atoms with E-state index >= 15 is 0 Å². The Morgan fingerprint density at radius 2 is 1.88 bits per heavy atom. The topological polar surface area (TPSA) is 71.6 Å². The van der Waals surface area contributed by atoms with Crippen LogP contribution >= 0.6 is 15.9 Å². The van der Waals surface area contributed by atoms with Crippen molar-refractivity contribution in [3.63, 3.8) is 0 Å². The number of carboxylic acid groups (broad SMARTS) is 1. The molecule has 26 heavy (non-hydrogen) atoms. The maximum atomic E-state index is 11.5. The molecule has 0 atom stereocenters. The average Bonchev–Trinajstić information content (AvgIpc) is 2.99. The highest BCUT2D eigenvalue weighted by atomic mass is 79.9. The molecule has 6 heteroatoms. The number of benzene rings is 2. The van der Waals surface area contributed by atoms with Crippen molar-refractivity contribution in [2.75, 3.05) is 14.2 Å². The predicted molar refractivity (Wildman–Crippen MR) is 105 cm³/mol. The van der Waals surface area contributed by atoms with Gasteiger partial charge in [-0.3, -0.25) is 4.79 Å². The number of ether oxygens (including phenoxy) is 2. The van der Waals surface area contributed by atoms with Gasteiger partial charge in [-0.2, -0.15) is 0 Å². The maximum absolute atomic E-state index is 11.5. The van der Waals surface area contributed by atoms with E-state index in [9.17, 15) is 9.90 Å². The first-order chi connectivity index (χ1) is 12.5. The zero-order valence-electron chi connectivity index (χ0n) is 14.9. The minimum atomic E-state index is -0.870. The SMILES string of the molecule is CCc1cccc2c(CC(=O)O)c(-c3cc(OC)c(OC)cc3Br)[nH]c12. The highest BCUT2D eigenvalue weighted by Crippen LogP contribution is 2.41. The molecule has 2 N–H and O–H groups in total. The van der Waals surface area contributed by atoms with Crippen molar-refractivity contribution in [3.05, 3.63) is 45.9 Å². The molecule has 3 aromatic rings. The number of aryl methyl sites for hydroxylation is 1. The Bertz CT molecular complexity index is 978. The Hall–Kier alpha value is -2.47. The third-order valence-corrected chi connectivity index (χ3v) is 5.14. The molecule has 1 aromatic heterocycles. The molecule has 136 valence electrons. The van der Waals surface area contributed by atoms with Gasteiger partial charge in [-0.15, -0.1) is 0 Å². The van der Waals surface area contributed by atoms with Gasteiger partial charge in [-0.1, -0.05) is 25.1 Å². The lowest BCUT2D eigenvalue weighted by molar-refractivity contribution is -0.136. The number of para-hydroxylation sites is 1. The van der Waals surface area contributed by atoms with Crippen molar-refractivity contribution in [1.29, 1.82) is 0 Å². The van der Waals surface area contributed by atoms with Gasteiger partial charge < -0.3 is 19.6 Å². The van der Waals surface area contributed by atoms with Crippen molar-refractivity contribution < 1.29 is 19.4 Å². The molecular weight excluding hydrogens is 398 g/mol. The summed E-state index contributed by atoms with van der Waals surface area (Å²) in [4.78, 5) is 14.9. The molecule has 0 unspecified atom stereocenters. The number of nitrogens with one attached hydrogen (secondary N) is 1. The minimum absolute atomic E-state index is 0.0662. The Morgan fingerprint density at radius 3 is 2.50 bits per heavy atom. The van der Waals surface area contributed by atoms with E-state index in [0.717, 1.165) is 44.2 Å². The Labute approximate surface area is 160 Å². The molecule has 5 nitrogen and oxygen atoms in total. The fourth-order valence-corrected chi connectivity index (χ4v) is 3.76. The summed E-state index contributed by atoms with van der Waals surface area (Å²) in [5, 5.41) is 10.4. The van der Waals surface area contributed by atoms with Gasteiger partial charge in [-0.25, -0.2) is 0 Å². The van der Waals surface area contributed by atoms with Gasteiger partial charge in [0.2, 0.25) is 0 Å². The number of aromatic amines is 1. The van der Waals surface area contributed by atoms with Crippen molar-refractivity contribution >= 4 is 32.8 Å². The van der Waals surface area contributed by atoms with Crippen LogP contribution in [0.4, 0.5) is 0 Å². The second-order valence-electron chi connectivity index (χ2n) is 5.93. The van der Waals surface area contributed by atoms with E-state index < -0.39 is 5.97 Å². The number of rotatable bonds is 6. The number of hydrogen-bond donors (Lipinski definition) is 2. The monoisotopic (exact) mass is 417 g/mol. The van der Waals surface area contributed by atoms with E-state index in [0.29, 0.717) is 11.5 Å². The Morgan fingerprint density at radius 1 is 1.19 bits per heavy atom. The number of carboxylic acids is 1. The van der Waals surface area contributed by atoms with Crippen molar-refractivity contribution in [3.8, 4) is 22.8 Å². The third kappa shape index (κ3) is 3.17. The van der Waals surface area contributed by atoms with Crippen molar-refractivity contribution in [2.45, 2.75) is 19.8 Å². The van der Waals surface area contributed by atoms with E-state index in [2.05, 4.69) is 33.9 Å². The maximum Gasteiger partial charge on any atom is 0.307 e. The predicted octanol–water partition coefficient (Wildman–Crippen LogP) is 4.80. The summed E-state index contributed by atoms with van der Waals surface area (Å²) >= 11 is 3.58. The molecular formula is C20H20BrNO4. The van der Waals surface area contributed by atoms with Crippen LogP contribution in [0.3, 0.4) is 0 Å². The van der Waals surface area contributed by atoms with Crippen molar-refractivity contribution in [1.82, 2.24) is 4.98 Å². The van der Waals surface area contributed by atoms with Gasteiger partial charge in [0, 0.05) is 20.9 Å². The Kier molecular flexibility index (Phi) is 5.23. The van der Waals surface area contributed by atoms with Gasteiger partial charge in [0.25, 0.3) is 0 Å². The quantitative estimate of drug-likeness (QED) is 0.603. The van der Waals surface area contributed by atoms with Crippen LogP contribution in [0, 0.1) is 0 Å². The van der Waals surface area contributed by atoms with E-state index in [-0.39, 0.29) is 6.42 Å². The molecule has 1 heterocycles. The molecule has 0 aliphatic heterocycles. The van der Waals surface area contributed by atoms with Crippen LogP contribution in [0.5, 0.6) is 11.5 Å². The summed E-state index contributed by atoms with van der Waals surface area (Å²) in [6.45, 7) is 2.08. The lowest BCUT2D eigenvalue weighted by Crippen LogP contribution is -2.01. The van der Waals surface area contributed by atoms with Gasteiger partial charge in [-0.05, 0) is 45.6 Å². The normalized spacial score (nSPS) is 10.9. The number of halogens is 1. The summed E-state index contributed by atoms with van der Waals surface area (Å²) in [5.41, 5.74) is 4.49. The number of H-pyrrole nitrogens is 1. The summed E-state index contributed by atoms with van der Waals surface area (Å²) in [7, 11) is 3.16. The first-order valence-electron chi connectivity index (χ1n) is 8.26. The van der Waals surface area contributed by atoms with Crippen LogP contribution in [0.1, 0.15) is 18.1 Å². The van der Waals surface area contributed by atoms with Gasteiger partial charge in [0.1, 0.15) is 0 Å². The van der Waals surface area contributed by atoms with Crippen LogP contribution in [0.2, 0.25) is 0 Å². The van der Waals surface area contributed by atoms with Gasteiger partial charge in [0.15, 0.2) is 11.5 Å². The first kappa shape index (κ1) is 18.3. The van der Waals surface area contributed by atoms with Crippen LogP contribution < -0.4 is 9.47 Å². The molecule has 0 amide bonds. The molecule has 3 rings (SSSR count). The second-order valence-corrected chi connectivity index (χ2v) is 6.78. The van der Waals surface area contributed by atoms with E-state index in [1.54, 1.807) is 14.2 Å². The summed E-state index contributed by atoms with van der Waals surface area (Å²) in [5.74, 6) is 0.320. The molecule has 0 aliphatic rings.